The molecule has 0 spiro atoms. The van der Waals surface area contributed by atoms with E-state index in [2.05, 4.69) is 0 Å². The third-order valence-electron chi connectivity index (χ3n) is 3.23. The van der Waals surface area contributed by atoms with Crippen LogP contribution in [0.4, 0.5) is 0 Å². The summed E-state index contributed by atoms with van der Waals surface area (Å²) >= 11 is 0. The van der Waals surface area contributed by atoms with Crippen molar-refractivity contribution in [1.29, 1.82) is 0 Å². The molecule has 1 aliphatic rings. The van der Waals surface area contributed by atoms with Gasteiger partial charge in [0.25, 0.3) is 0 Å². The Labute approximate surface area is 112 Å². The third kappa shape index (κ3) is 3.13. The van der Waals surface area contributed by atoms with Gasteiger partial charge in [-0.15, -0.1) is 0 Å². The quantitative estimate of drug-likeness (QED) is 0.765. The molecule has 2 atom stereocenters. The van der Waals surface area contributed by atoms with Gasteiger partial charge in [0.1, 0.15) is 0 Å². The third-order valence-corrected chi connectivity index (χ3v) is 3.23. The number of carbonyl (C=O) groups is 2. The predicted molar refractivity (Wildman–Crippen MR) is 69.9 cm³/mol. The van der Waals surface area contributed by atoms with Crippen molar-refractivity contribution in [3.05, 3.63) is 35.4 Å². The molecule has 0 N–H and O–H groups in total. The number of benzene rings is 1. The zero-order valence-corrected chi connectivity index (χ0v) is 11.2. The Morgan fingerprint density at radius 2 is 1.74 bits per heavy atom. The highest BCUT2D eigenvalue weighted by atomic mass is 16.5. The monoisotopic (exact) mass is 262 g/mol. The molecule has 2 rings (SSSR count). The van der Waals surface area contributed by atoms with E-state index in [0.29, 0.717) is 18.8 Å². The van der Waals surface area contributed by atoms with Crippen molar-refractivity contribution >= 4 is 11.9 Å². The Morgan fingerprint density at radius 3 is 2.32 bits per heavy atom. The molecule has 19 heavy (non-hydrogen) atoms. The molecule has 4 nitrogen and oxygen atoms in total. The van der Waals surface area contributed by atoms with Crippen LogP contribution in [0, 0.1) is 5.92 Å². The van der Waals surface area contributed by atoms with Crippen LogP contribution in [0.2, 0.25) is 0 Å². The molecule has 1 fully saturated rings. The molecule has 0 radical (unpaired) electrons. The summed E-state index contributed by atoms with van der Waals surface area (Å²) in [6.07, 6.45) is 0.831. The molecule has 0 amide bonds. The van der Waals surface area contributed by atoms with Gasteiger partial charge in [-0.05, 0) is 43.9 Å². The van der Waals surface area contributed by atoms with Crippen LogP contribution in [0.3, 0.4) is 0 Å². The standard InChI is InChI=1S/C15H18O4/c1-3-18-14(16)11-7-5-10(6-8-11)12-9-13(12)15(17)19-4-2/h5-8,12-13H,3-4,9H2,1-2H3/t12-,13-/m1/s1. The van der Waals surface area contributed by atoms with Crippen LogP contribution in [0.1, 0.15) is 42.1 Å². The summed E-state index contributed by atoms with van der Waals surface area (Å²) in [5, 5.41) is 0. The zero-order chi connectivity index (χ0) is 13.8. The zero-order valence-electron chi connectivity index (χ0n) is 11.2. The van der Waals surface area contributed by atoms with Crippen molar-refractivity contribution < 1.29 is 19.1 Å². The van der Waals surface area contributed by atoms with Gasteiger partial charge in [0.2, 0.25) is 0 Å². The Balaban J connectivity index is 1.97. The van der Waals surface area contributed by atoms with Gasteiger partial charge in [0, 0.05) is 0 Å². The first-order chi connectivity index (χ1) is 9.17. The Hall–Kier alpha value is -1.84. The molecule has 1 aliphatic carbocycles. The highest BCUT2D eigenvalue weighted by Gasteiger charge is 2.45. The second-order valence-corrected chi connectivity index (χ2v) is 4.54. The highest BCUT2D eigenvalue weighted by molar-refractivity contribution is 5.89. The first kappa shape index (κ1) is 13.6. The predicted octanol–water partition coefficient (Wildman–Crippen LogP) is 2.53. The summed E-state index contributed by atoms with van der Waals surface area (Å²) in [7, 11) is 0. The van der Waals surface area contributed by atoms with E-state index >= 15 is 0 Å². The van der Waals surface area contributed by atoms with Crippen molar-refractivity contribution in [2.45, 2.75) is 26.2 Å². The van der Waals surface area contributed by atoms with Gasteiger partial charge in [0.05, 0.1) is 24.7 Å². The van der Waals surface area contributed by atoms with Crippen molar-refractivity contribution in [1.82, 2.24) is 0 Å². The van der Waals surface area contributed by atoms with Gasteiger partial charge in [0.15, 0.2) is 0 Å². The fourth-order valence-corrected chi connectivity index (χ4v) is 2.15. The Bertz CT molecular complexity index is 464. The van der Waals surface area contributed by atoms with Gasteiger partial charge in [-0.25, -0.2) is 4.79 Å². The molecule has 0 heterocycles. The highest BCUT2D eigenvalue weighted by Crippen LogP contribution is 2.48. The minimum absolute atomic E-state index is 0.0200. The topological polar surface area (TPSA) is 52.6 Å². The Morgan fingerprint density at radius 1 is 1.11 bits per heavy atom. The van der Waals surface area contributed by atoms with Crippen LogP contribution in [0.25, 0.3) is 0 Å². The molecule has 0 aliphatic heterocycles. The molecule has 1 aromatic carbocycles. The van der Waals surface area contributed by atoms with E-state index in [-0.39, 0.29) is 23.8 Å². The summed E-state index contributed by atoms with van der Waals surface area (Å²) in [4.78, 5) is 23.1. The van der Waals surface area contributed by atoms with E-state index in [4.69, 9.17) is 9.47 Å². The minimum atomic E-state index is -0.313. The molecule has 4 heteroatoms. The van der Waals surface area contributed by atoms with Crippen molar-refractivity contribution in [3.63, 3.8) is 0 Å². The van der Waals surface area contributed by atoms with E-state index < -0.39 is 0 Å². The molecule has 0 bridgehead atoms. The van der Waals surface area contributed by atoms with Gasteiger partial charge in [-0.1, -0.05) is 12.1 Å². The maximum Gasteiger partial charge on any atom is 0.338 e. The lowest BCUT2D eigenvalue weighted by Crippen LogP contribution is -2.07. The van der Waals surface area contributed by atoms with Crippen molar-refractivity contribution in [2.24, 2.45) is 5.92 Å². The molecule has 1 saturated carbocycles. The summed E-state index contributed by atoms with van der Waals surface area (Å²) in [6.45, 7) is 4.38. The lowest BCUT2D eigenvalue weighted by Gasteiger charge is -2.04. The van der Waals surface area contributed by atoms with Crippen molar-refractivity contribution in [3.8, 4) is 0 Å². The summed E-state index contributed by atoms with van der Waals surface area (Å²) in [5.41, 5.74) is 1.62. The minimum Gasteiger partial charge on any atom is -0.466 e. The summed E-state index contributed by atoms with van der Waals surface area (Å²) < 4.78 is 9.92. The van der Waals surface area contributed by atoms with Gasteiger partial charge >= 0.3 is 11.9 Å². The van der Waals surface area contributed by atoms with Crippen LogP contribution < -0.4 is 0 Å². The van der Waals surface area contributed by atoms with E-state index in [1.165, 1.54) is 0 Å². The summed E-state index contributed by atoms with van der Waals surface area (Å²) in [6, 6.07) is 7.26. The SMILES string of the molecule is CCOC(=O)c1ccc([C@H]2C[C@H]2C(=O)OCC)cc1. The number of hydrogen-bond donors (Lipinski definition) is 0. The van der Waals surface area contributed by atoms with Crippen LogP contribution in [-0.4, -0.2) is 25.2 Å². The fourth-order valence-electron chi connectivity index (χ4n) is 2.15. The van der Waals surface area contributed by atoms with E-state index in [0.717, 1.165) is 12.0 Å². The first-order valence-electron chi connectivity index (χ1n) is 6.61. The molecule has 0 unspecified atom stereocenters. The number of carbonyl (C=O) groups excluding carboxylic acids is 2. The number of hydrogen-bond acceptors (Lipinski definition) is 4. The molecular weight excluding hydrogens is 244 g/mol. The van der Waals surface area contributed by atoms with Crippen LogP contribution >= 0.6 is 0 Å². The lowest BCUT2D eigenvalue weighted by atomic mass is 10.1. The Kier molecular flexibility index (Phi) is 4.20. The van der Waals surface area contributed by atoms with Crippen LogP contribution in [0.5, 0.6) is 0 Å². The lowest BCUT2D eigenvalue weighted by molar-refractivity contribution is -0.144. The second kappa shape index (κ2) is 5.87. The number of ether oxygens (including phenoxy) is 2. The van der Waals surface area contributed by atoms with Gasteiger partial charge in [-0.3, -0.25) is 4.79 Å². The molecular formula is C15H18O4. The fraction of sp³-hybridized carbons (Fsp3) is 0.467. The van der Waals surface area contributed by atoms with Crippen LogP contribution in [-0.2, 0) is 14.3 Å². The second-order valence-electron chi connectivity index (χ2n) is 4.54. The first-order valence-corrected chi connectivity index (χ1v) is 6.61. The average Bonchev–Trinajstić information content (AvgIpc) is 3.20. The average molecular weight is 262 g/mol. The van der Waals surface area contributed by atoms with E-state index in [1.807, 2.05) is 19.1 Å². The number of rotatable bonds is 5. The van der Waals surface area contributed by atoms with Crippen LogP contribution in [0.15, 0.2) is 24.3 Å². The van der Waals surface area contributed by atoms with E-state index in [9.17, 15) is 9.59 Å². The largest absolute Gasteiger partial charge is 0.466 e. The normalized spacial score (nSPS) is 20.7. The molecule has 1 aromatic rings. The van der Waals surface area contributed by atoms with E-state index in [1.54, 1.807) is 19.1 Å². The maximum atomic E-state index is 11.6. The summed E-state index contributed by atoms with van der Waals surface area (Å²) in [5.74, 6) is -0.225. The van der Waals surface area contributed by atoms with Gasteiger partial charge in [-0.2, -0.15) is 0 Å². The molecule has 0 saturated heterocycles. The number of esters is 2. The molecule has 0 aromatic heterocycles. The maximum absolute atomic E-state index is 11.6. The van der Waals surface area contributed by atoms with Crippen molar-refractivity contribution in [2.75, 3.05) is 13.2 Å². The molecule has 102 valence electrons. The van der Waals surface area contributed by atoms with Gasteiger partial charge < -0.3 is 9.47 Å². The smallest absolute Gasteiger partial charge is 0.338 e.